The van der Waals surface area contributed by atoms with Gasteiger partial charge < -0.3 is 20.3 Å². The minimum Gasteiger partial charge on any atom is -0.385 e. The van der Waals surface area contributed by atoms with Crippen LogP contribution in [0.5, 0.6) is 0 Å². The number of hydrogen-bond donors (Lipinski definition) is 2. The van der Waals surface area contributed by atoms with E-state index in [2.05, 4.69) is 33.8 Å². The summed E-state index contributed by atoms with van der Waals surface area (Å²) in [5.74, 6) is 0.748. The van der Waals surface area contributed by atoms with Gasteiger partial charge in [0.25, 0.3) is 0 Å². The number of benzene rings is 1. The van der Waals surface area contributed by atoms with E-state index < -0.39 is 0 Å². The Kier molecular flexibility index (Phi) is 10.5. The Labute approximate surface area is 167 Å². The molecule has 0 aliphatic carbocycles. The summed E-state index contributed by atoms with van der Waals surface area (Å²) in [6.07, 6.45) is 1.82. The van der Waals surface area contributed by atoms with Crippen LogP contribution in [0.25, 0.3) is 0 Å². The Bertz CT molecular complexity index is 566. The van der Waals surface area contributed by atoms with E-state index in [9.17, 15) is 4.79 Å². The summed E-state index contributed by atoms with van der Waals surface area (Å²) in [6.45, 7) is 5.87. The fourth-order valence-electron chi connectivity index (χ4n) is 2.72. The summed E-state index contributed by atoms with van der Waals surface area (Å²) in [4.78, 5) is 18.7. The van der Waals surface area contributed by atoms with Crippen molar-refractivity contribution in [3.8, 4) is 0 Å². The van der Waals surface area contributed by atoms with Gasteiger partial charge in [0.05, 0.1) is 0 Å². The smallest absolute Gasteiger partial charge is 0.244 e. The van der Waals surface area contributed by atoms with Crippen LogP contribution < -0.4 is 10.6 Å². The van der Waals surface area contributed by atoms with E-state index >= 15 is 0 Å². The third kappa shape index (κ3) is 7.19. The van der Waals surface area contributed by atoms with E-state index in [1.807, 2.05) is 17.9 Å². The zero-order valence-electron chi connectivity index (χ0n) is 15.1. The van der Waals surface area contributed by atoms with Crippen LogP contribution in [0.4, 0.5) is 0 Å². The number of nitrogens with one attached hydrogen (secondary N) is 2. The van der Waals surface area contributed by atoms with Gasteiger partial charge in [-0.3, -0.25) is 4.79 Å². The molecule has 0 spiro atoms. The first-order valence-electron chi connectivity index (χ1n) is 8.60. The molecular formula is C18H29IN4O2. The van der Waals surface area contributed by atoms with Crippen molar-refractivity contribution in [1.29, 1.82) is 0 Å². The van der Waals surface area contributed by atoms with Crippen molar-refractivity contribution in [2.45, 2.75) is 26.3 Å². The lowest BCUT2D eigenvalue weighted by Gasteiger charge is -2.28. The Morgan fingerprint density at radius 1 is 1.28 bits per heavy atom. The molecule has 7 heteroatoms. The molecule has 0 bridgehead atoms. The standard InChI is InChI=1S/C18H28N4O2.HI/c1-3-19-18(20-10-6-12-24-2)21-13-17(23)22-11-9-15-7-4-5-8-16(15)14-22;/h4-5,7-8H,3,6,9-14H2,1-2H3,(H2,19,20,21);1H. The molecule has 0 radical (unpaired) electrons. The molecule has 140 valence electrons. The van der Waals surface area contributed by atoms with Gasteiger partial charge in [0.2, 0.25) is 5.91 Å². The van der Waals surface area contributed by atoms with E-state index in [0.717, 1.165) is 32.5 Å². The summed E-state index contributed by atoms with van der Waals surface area (Å²) >= 11 is 0. The average molecular weight is 460 g/mol. The molecule has 2 N–H and O–H groups in total. The number of amides is 1. The number of carbonyl (C=O) groups excluding carboxylic acids is 1. The third-order valence-corrected chi connectivity index (χ3v) is 4.02. The topological polar surface area (TPSA) is 66.0 Å². The van der Waals surface area contributed by atoms with Gasteiger partial charge in [0.1, 0.15) is 6.54 Å². The Balaban J connectivity index is 0.00000312. The number of fused-ring (bicyclic) bond motifs is 1. The zero-order valence-corrected chi connectivity index (χ0v) is 17.4. The summed E-state index contributed by atoms with van der Waals surface area (Å²) in [6, 6.07) is 8.32. The molecular weight excluding hydrogens is 431 g/mol. The van der Waals surface area contributed by atoms with Crippen molar-refractivity contribution in [2.24, 2.45) is 4.99 Å². The molecule has 0 unspecified atom stereocenters. The quantitative estimate of drug-likeness (QED) is 0.282. The van der Waals surface area contributed by atoms with Crippen LogP contribution in [0, 0.1) is 0 Å². The predicted octanol–water partition coefficient (Wildman–Crippen LogP) is 1.78. The number of halogens is 1. The molecule has 1 aromatic rings. The van der Waals surface area contributed by atoms with Crippen molar-refractivity contribution >= 4 is 35.8 Å². The van der Waals surface area contributed by atoms with Crippen LogP contribution in [0.15, 0.2) is 29.3 Å². The molecule has 1 aliphatic heterocycles. The van der Waals surface area contributed by atoms with Crippen LogP contribution >= 0.6 is 24.0 Å². The minimum atomic E-state index is 0. The van der Waals surface area contributed by atoms with E-state index in [1.54, 1.807) is 7.11 Å². The SMILES string of the molecule is CCNC(=NCC(=O)N1CCc2ccccc2C1)NCCCOC.I. The van der Waals surface area contributed by atoms with Crippen molar-refractivity contribution in [1.82, 2.24) is 15.5 Å². The maximum atomic E-state index is 12.4. The van der Waals surface area contributed by atoms with Gasteiger partial charge in [-0.1, -0.05) is 24.3 Å². The number of methoxy groups -OCH3 is 1. The zero-order chi connectivity index (χ0) is 17.2. The molecule has 1 heterocycles. The number of rotatable bonds is 7. The van der Waals surface area contributed by atoms with Crippen LogP contribution in [0.3, 0.4) is 0 Å². The first-order valence-corrected chi connectivity index (χ1v) is 8.60. The lowest BCUT2D eigenvalue weighted by molar-refractivity contribution is -0.130. The number of carbonyl (C=O) groups is 1. The molecule has 25 heavy (non-hydrogen) atoms. The monoisotopic (exact) mass is 460 g/mol. The second-order valence-corrected chi connectivity index (χ2v) is 5.80. The van der Waals surface area contributed by atoms with E-state index in [4.69, 9.17) is 4.74 Å². The number of guanidine groups is 1. The molecule has 6 nitrogen and oxygen atoms in total. The lowest BCUT2D eigenvalue weighted by atomic mass is 10.00. The van der Waals surface area contributed by atoms with Crippen LogP contribution in [-0.4, -0.2) is 56.7 Å². The second kappa shape index (κ2) is 12.1. The van der Waals surface area contributed by atoms with Gasteiger partial charge in [-0.25, -0.2) is 4.99 Å². The summed E-state index contributed by atoms with van der Waals surface area (Å²) in [5, 5.41) is 6.38. The lowest BCUT2D eigenvalue weighted by Crippen LogP contribution is -2.40. The molecule has 1 aliphatic rings. The van der Waals surface area contributed by atoms with Crippen LogP contribution in [-0.2, 0) is 22.5 Å². The fraction of sp³-hybridized carbons (Fsp3) is 0.556. The third-order valence-electron chi connectivity index (χ3n) is 4.02. The highest BCUT2D eigenvalue weighted by Crippen LogP contribution is 2.18. The van der Waals surface area contributed by atoms with Crippen molar-refractivity contribution in [3.63, 3.8) is 0 Å². The first-order chi connectivity index (χ1) is 11.7. The van der Waals surface area contributed by atoms with Crippen molar-refractivity contribution in [2.75, 3.05) is 39.9 Å². The van der Waals surface area contributed by atoms with Crippen LogP contribution in [0.2, 0.25) is 0 Å². The number of ether oxygens (including phenoxy) is 1. The van der Waals surface area contributed by atoms with Gasteiger partial charge in [-0.15, -0.1) is 24.0 Å². The average Bonchev–Trinajstić information content (AvgIpc) is 2.62. The first kappa shape index (κ1) is 21.7. The van der Waals surface area contributed by atoms with E-state index in [-0.39, 0.29) is 36.4 Å². The normalized spacial score (nSPS) is 13.7. The number of hydrogen-bond acceptors (Lipinski definition) is 3. The molecule has 1 amide bonds. The highest BCUT2D eigenvalue weighted by molar-refractivity contribution is 14.0. The van der Waals surface area contributed by atoms with E-state index in [0.29, 0.717) is 19.1 Å². The summed E-state index contributed by atoms with van der Waals surface area (Å²) in [7, 11) is 1.69. The summed E-state index contributed by atoms with van der Waals surface area (Å²) in [5.41, 5.74) is 2.59. The van der Waals surface area contributed by atoms with Gasteiger partial charge in [0, 0.05) is 39.9 Å². The molecule has 0 atom stereocenters. The number of aliphatic imine (C=N–C) groups is 1. The van der Waals surface area contributed by atoms with Crippen LogP contribution in [0.1, 0.15) is 24.5 Å². The maximum absolute atomic E-state index is 12.4. The fourth-order valence-corrected chi connectivity index (χ4v) is 2.72. The molecule has 0 saturated carbocycles. The molecule has 1 aromatic carbocycles. The largest absolute Gasteiger partial charge is 0.385 e. The maximum Gasteiger partial charge on any atom is 0.244 e. The summed E-state index contributed by atoms with van der Waals surface area (Å²) < 4.78 is 5.03. The van der Waals surface area contributed by atoms with Gasteiger partial charge in [-0.05, 0) is 30.9 Å². The highest BCUT2D eigenvalue weighted by Gasteiger charge is 2.19. The van der Waals surface area contributed by atoms with Gasteiger partial charge in [-0.2, -0.15) is 0 Å². The Hall–Kier alpha value is -1.35. The molecule has 2 rings (SSSR count). The molecule has 0 saturated heterocycles. The molecule has 0 aromatic heterocycles. The van der Waals surface area contributed by atoms with Crippen molar-refractivity contribution in [3.05, 3.63) is 35.4 Å². The number of nitrogens with zero attached hydrogens (tertiary/aromatic N) is 2. The second-order valence-electron chi connectivity index (χ2n) is 5.80. The van der Waals surface area contributed by atoms with Crippen molar-refractivity contribution < 1.29 is 9.53 Å². The Morgan fingerprint density at radius 3 is 2.76 bits per heavy atom. The van der Waals surface area contributed by atoms with E-state index in [1.165, 1.54) is 11.1 Å². The highest BCUT2D eigenvalue weighted by atomic mass is 127. The van der Waals surface area contributed by atoms with Gasteiger partial charge >= 0.3 is 0 Å². The van der Waals surface area contributed by atoms with Gasteiger partial charge in [0.15, 0.2) is 5.96 Å². The minimum absolute atomic E-state index is 0. The Morgan fingerprint density at radius 2 is 2.04 bits per heavy atom. The molecule has 0 fully saturated rings. The predicted molar refractivity (Wildman–Crippen MR) is 111 cm³/mol.